The smallest absolute Gasteiger partial charge is 0.269 e. The molecular formula is C19H22N4O2. The molecule has 130 valence electrons. The highest BCUT2D eigenvalue weighted by Gasteiger charge is 2.20. The second kappa shape index (κ2) is 6.72. The van der Waals surface area contributed by atoms with Crippen LogP contribution < -0.4 is 10.6 Å². The first-order valence-corrected chi connectivity index (χ1v) is 8.73. The van der Waals surface area contributed by atoms with E-state index in [1.807, 2.05) is 31.2 Å². The second-order valence-corrected chi connectivity index (χ2v) is 6.54. The number of amides is 1. The summed E-state index contributed by atoms with van der Waals surface area (Å²) in [6.45, 7) is 4.37. The monoisotopic (exact) mass is 338 g/mol. The lowest BCUT2D eigenvalue weighted by atomic mass is 9.98. The summed E-state index contributed by atoms with van der Waals surface area (Å²) in [7, 11) is 0. The molecule has 0 bridgehead atoms. The zero-order valence-corrected chi connectivity index (χ0v) is 14.3. The Kier molecular flexibility index (Phi) is 4.28. The van der Waals surface area contributed by atoms with Crippen LogP contribution in [0.3, 0.4) is 0 Å². The normalized spacial score (nSPS) is 15.6. The lowest BCUT2D eigenvalue weighted by Crippen LogP contribution is -2.27. The molecule has 0 spiro atoms. The minimum absolute atomic E-state index is 0.160. The van der Waals surface area contributed by atoms with Crippen molar-refractivity contribution in [1.29, 1.82) is 0 Å². The number of aromatic nitrogens is 2. The van der Waals surface area contributed by atoms with Crippen molar-refractivity contribution >= 4 is 16.9 Å². The van der Waals surface area contributed by atoms with Crippen molar-refractivity contribution in [3.63, 3.8) is 0 Å². The molecule has 1 aliphatic rings. The van der Waals surface area contributed by atoms with Crippen molar-refractivity contribution in [2.75, 3.05) is 13.1 Å². The number of H-pyrrole nitrogens is 1. The number of rotatable bonds is 4. The fourth-order valence-electron chi connectivity index (χ4n) is 3.40. The van der Waals surface area contributed by atoms with Gasteiger partial charge in [0.05, 0.1) is 12.7 Å². The minimum atomic E-state index is -0.160. The maximum atomic E-state index is 12.4. The summed E-state index contributed by atoms with van der Waals surface area (Å²) in [5, 5.41) is 7.34. The highest BCUT2D eigenvalue weighted by atomic mass is 16.3. The molecule has 4 rings (SSSR count). The van der Waals surface area contributed by atoms with Gasteiger partial charge in [0.1, 0.15) is 22.9 Å². The first-order valence-electron chi connectivity index (χ1n) is 8.73. The molecule has 2 aromatic heterocycles. The van der Waals surface area contributed by atoms with Crippen LogP contribution >= 0.6 is 0 Å². The van der Waals surface area contributed by atoms with Gasteiger partial charge in [0.2, 0.25) is 0 Å². The van der Waals surface area contributed by atoms with E-state index in [0.717, 1.165) is 54.0 Å². The van der Waals surface area contributed by atoms with Crippen LogP contribution in [0.15, 0.2) is 34.9 Å². The number of imidazole rings is 1. The summed E-state index contributed by atoms with van der Waals surface area (Å²) >= 11 is 0. The first kappa shape index (κ1) is 15.9. The van der Waals surface area contributed by atoms with E-state index in [1.165, 1.54) is 0 Å². The van der Waals surface area contributed by atoms with E-state index in [4.69, 9.17) is 4.42 Å². The van der Waals surface area contributed by atoms with Gasteiger partial charge in [-0.1, -0.05) is 18.2 Å². The van der Waals surface area contributed by atoms with Gasteiger partial charge in [0, 0.05) is 16.9 Å². The zero-order chi connectivity index (χ0) is 17.2. The van der Waals surface area contributed by atoms with E-state index >= 15 is 0 Å². The Morgan fingerprint density at radius 2 is 2.12 bits per heavy atom. The van der Waals surface area contributed by atoms with Crippen molar-refractivity contribution in [1.82, 2.24) is 20.6 Å². The van der Waals surface area contributed by atoms with Gasteiger partial charge in [-0.05, 0) is 38.9 Å². The lowest BCUT2D eigenvalue weighted by molar-refractivity contribution is 0.0943. The van der Waals surface area contributed by atoms with Crippen LogP contribution in [0.5, 0.6) is 0 Å². The molecular weight excluding hydrogens is 316 g/mol. The molecule has 0 aliphatic carbocycles. The quantitative estimate of drug-likeness (QED) is 0.683. The fourth-order valence-corrected chi connectivity index (χ4v) is 3.40. The molecule has 6 heteroatoms. The molecule has 25 heavy (non-hydrogen) atoms. The predicted octanol–water partition coefficient (Wildman–Crippen LogP) is 2.86. The third-order valence-corrected chi connectivity index (χ3v) is 4.92. The number of aryl methyl sites for hydroxylation is 1. The molecule has 1 saturated heterocycles. The number of aromatic amines is 1. The average molecular weight is 338 g/mol. The SMILES string of the molecule is Cc1c(CNC(=O)c2cnc(C3CCNCC3)[nH]2)oc2ccccc12. The highest BCUT2D eigenvalue weighted by molar-refractivity contribution is 5.92. The number of nitrogens with zero attached hydrogens (tertiary/aromatic N) is 1. The summed E-state index contributed by atoms with van der Waals surface area (Å²) in [4.78, 5) is 20.0. The van der Waals surface area contributed by atoms with Crippen molar-refractivity contribution in [3.05, 3.63) is 53.3 Å². The van der Waals surface area contributed by atoms with E-state index in [9.17, 15) is 4.79 Å². The van der Waals surface area contributed by atoms with E-state index in [2.05, 4.69) is 20.6 Å². The number of nitrogens with one attached hydrogen (secondary N) is 3. The van der Waals surface area contributed by atoms with E-state index in [0.29, 0.717) is 18.2 Å². The summed E-state index contributed by atoms with van der Waals surface area (Å²) in [6, 6.07) is 7.90. The molecule has 3 N–H and O–H groups in total. The van der Waals surface area contributed by atoms with Crippen LogP contribution in [0, 0.1) is 6.92 Å². The number of fused-ring (bicyclic) bond motifs is 1. The van der Waals surface area contributed by atoms with Crippen molar-refractivity contribution in [3.8, 4) is 0 Å². The first-order chi connectivity index (χ1) is 12.2. The van der Waals surface area contributed by atoms with Gasteiger partial charge in [0.15, 0.2) is 0 Å². The number of hydrogen-bond donors (Lipinski definition) is 3. The number of carbonyl (C=O) groups is 1. The Morgan fingerprint density at radius 3 is 2.92 bits per heavy atom. The van der Waals surface area contributed by atoms with E-state index in [-0.39, 0.29) is 5.91 Å². The lowest BCUT2D eigenvalue weighted by Gasteiger charge is -2.20. The zero-order valence-electron chi connectivity index (χ0n) is 14.3. The van der Waals surface area contributed by atoms with Crippen LogP contribution in [-0.4, -0.2) is 29.0 Å². The van der Waals surface area contributed by atoms with Crippen LogP contribution in [0.2, 0.25) is 0 Å². The van der Waals surface area contributed by atoms with Crippen LogP contribution in [0.25, 0.3) is 11.0 Å². The number of benzene rings is 1. The second-order valence-electron chi connectivity index (χ2n) is 6.54. The molecule has 0 unspecified atom stereocenters. The Balaban J connectivity index is 1.43. The summed E-state index contributed by atoms with van der Waals surface area (Å²) in [5.41, 5.74) is 2.41. The van der Waals surface area contributed by atoms with Crippen LogP contribution in [-0.2, 0) is 6.54 Å². The fraction of sp³-hybridized carbons (Fsp3) is 0.368. The van der Waals surface area contributed by atoms with Gasteiger partial charge < -0.3 is 20.0 Å². The molecule has 1 fully saturated rings. The molecule has 0 radical (unpaired) electrons. The molecule has 1 aliphatic heterocycles. The Morgan fingerprint density at radius 1 is 1.32 bits per heavy atom. The van der Waals surface area contributed by atoms with Crippen LogP contribution in [0.4, 0.5) is 0 Å². The number of hydrogen-bond acceptors (Lipinski definition) is 4. The summed E-state index contributed by atoms with van der Waals surface area (Å²) in [5.74, 6) is 1.94. The highest BCUT2D eigenvalue weighted by Crippen LogP contribution is 2.25. The largest absolute Gasteiger partial charge is 0.459 e. The summed E-state index contributed by atoms with van der Waals surface area (Å²) in [6.07, 6.45) is 3.72. The number of furan rings is 1. The molecule has 6 nitrogen and oxygen atoms in total. The van der Waals surface area contributed by atoms with E-state index in [1.54, 1.807) is 6.20 Å². The molecule has 3 aromatic rings. The van der Waals surface area contributed by atoms with Crippen molar-refractivity contribution in [2.24, 2.45) is 0 Å². The molecule has 0 atom stereocenters. The average Bonchev–Trinajstić information content (AvgIpc) is 3.26. The van der Waals surface area contributed by atoms with Crippen molar-refractivity contribution < 1.29 is 9.21 Å². The van der Waals surface area contributed by atoms with Gasteiger partial charge in [-0.15, -0.1) is 0 Å². The molecule has 1 aromatic carbocycles. The van der Waals surface area contributed by atoms with Gasteiger partial charge in [-0.3, -0.25) is 4.79 Å². The third-order valence-electron chi connectivity index (χ3n) is 4.92. The van der Waals surface area contributed by atoms with Gasteiger partial charge in [0.25, 0.3) is 5.91 Å². The Bertz CT molecular complexity index is 890. The minimum Gasteiger partial charge on any atom is -0.459 e. The number of para-hydroxylation sites is 1. The molecule has 1 amide bonds. The molecule has 3 heterocycles. The standard InChI is InChI=1S/C19H22N4O2/c1-12-14-4-2-3-5-16(14)25-17(12)11-22-19(24)15-10-21-18(23-15)13-6-8-20-9-7-13/h2-5,10,13,20H,6-9,11H2,1H3,(H,21,23)(H,22,24). The number of piperidine rings is 1. The number of carbonyl (C=O) groups excluding carboxylic acids is 1. The van der Waals surface area contributed by atoms with Gasteiger partial charge >= 0.3 is 0 Å². The topological polar surface area (TPSA) is 83.0 Å². The van der Waals surface area contributed by atoms with E-state index < -0.39 is 0 Å². The Hall–Kier alpha value is -2.60. The summed E-state index contributed by atoms with van der Waals surface area (Å²) < 4.78 is 5.84. The third kappa shape index (κ3) is 3.17. The van der Waals surface area contributed by atoms with Crippen LogP contribution in [0.1, 0.15) is 46.4 Å². The maximum absolute atomic E-state index is 12.4. The van der Waals surface area contributed by atoms with Gasteiger partial charge in [-0.25, -0.2) is 4.98 Å². The van der Waals surface area contributed by atoms with Crippen molar-refractivity contribution in [2.45, 2.75) is 32.2 Å². The maximum Gasteiger partial charge on any atom is 0.269 e. The molecule has 0 saturated carbocycles. The van der Waals surface area contributed by atoms with Gasteiger partial charge in [-0.2, -0.15) is 0 Å². The predicted molar refractivity (Wildman–Crippen MR) is 95.6 cm³/mol. The Labute approximate surface area is 146 Å².